The Labute approximate surface area is 135 Å². The van der Waals surface area contributed by atoms with Crippen LogP contribution in [0.2, 0.25) is 0 Å². The zero-order valence-corrected chi connectivity index (χ0v) is 13.4. The highest BCUT2D eigenvalue weighted by Gasteiger charge is 2.36. The summed E-state index contributed by atoms with van der Waals surface area (Å²) in [5, 5.41) is 3.04. The molecule has 0 fully saturated rings. The molecular formula is C16H19N5O2. The summed E-state index contributed by atoms with van der Waals surface area (Å²) in [6.45, 7) is 3.99. The van der Waals surface area contributed by atoms with E-state index >= 15 is 0 Å². The molecule has 1 aromatic carbocycles. The molecule has 7 heteroatoms. The maximum atomic E-state index is 12.2. The molecule has 23 heavy (non-hydrogen) atoms. The highest BCUT2D eigenvalue weighted by Crippen LogP contribution is 2.23. The lowest BCUT2D eigenvalue weighted by Crippen LogP contribution is -2.54. The number of aliphatic imine (C=N–C) groups is 2. The Bertz CT molecular complexity index is 683. The molecule has 0 aromatic heterocycles. The van der Waals surface area contributed by atoms with E-state index in [9.17, 15) is 4.79 Å². The van der Waals surface area contributed by atoms with Gasteiger partial charge in [-0.15, -0.1) is 0 Å². The number of amidine groups is 1. The third kappa shape index (κ3) is 2.77. The van der Waals surface area contributed by atoms with E-state index < -0.39 is 6.09 Å². The summed E-state index contributed by atoms with van der Waals surface area (Å²) in [6.07, 6.45) is 2.75. The Morgan fingerprint density at radius 1 is 1.30 bits per heavy atom. The van der Waals surface area contributed by atoms with Crippen molar-refractivity contribution in [2.75, 3.05) is 18.6 Å². The standard InChI is InChI=1S/C16H19N5O2/c1-4-23-16(22)20-11-10-14-17-12(2)18-15(21(14)20)19(3)13-8-6-5-7-9-13/h5-12H,4H2,1-3H3. The van der Waals surface area contributed by atoms with Crippen LogP contribution in [0.15, 0.2) is 52.6 Å². The molecule has 0 radical (unpaired) electrons. The van der Waals surface area contributed by atoms with E-state index in [1.165, 1.54) is 5.01 Å². The van der Waals surface area contributed by atoms with Gasteiger partial charge in [-0.2, -0.15) is 10.0 Å². The van der Waals surface area contributed by atoms with Crippen molar-refractivity contribution in [1.82, 2.24) is 10.0 Å². The predicted molar refractivity (Wildman–Crippen MR) is 89.0 cm³/mol. The first-order valence-corrected chi connectivity index (χ1v) is 7.50. The van der Waals surface area contributed by atoms with Crippen LogP contribution in [0.25, 0.3) is 0 Å². The Hall–Kier alpha value is -2.83. The van der Waals surface area contributed by atoms with Gasteiger partial charge >= 0.3 is 6.09 Å². The van der Waals surface area contributed by atoms with Crippen molar-refractivity contribution >= 4 is 23.6 Å². The van der Waals surface area contributed by atoms with E-state index in [-0.39, 0.29) is 6.17 Å². The molecule has 1 amide bonds. The average Bonchev–Trinajstić information content (AvgIpc) is 2.98. The summed E-state index contributed by atoms with van der Waals surface area (Å²) >= 11 is 0. The lowest BCUT2D eigenvalue weighted by molar-refractivity contribution is 0.0878. The maximum absolute atomic E-state index is 12.2. The quantitative estimate of drug-likeness (QED) is 0.841. The van der Waals surface area contributed by atoms with Crippen LogP contribution in [0.3, 0.4) is 0 Å². The van der Waals surface area contributed by atoms with Crippen molar-refractivity contribution < 1.29 is 9.53 Å². The van der Waals surface area contributed by atoms with E-state index in [1.807, 2.05) is 49.2 Å². The molecular weight excluding hydrogens is 294 g/mol. The molecule has 0 spiro atoms. The van der Waals surface area contributed by atoms with Crippen LogP contribution in [0.4, 0.5) is 10.5 Å². The lowest BCUT2D eigenvalue weighted by atomic mass is 10.3. The molecule has 0 aliphatic carbocycles. The first-order valence-electron chi connectivity index (χ1n) is 7.50. The minimum absolute atomic E-state index is 0.214. The summed E-state index contributed by atoms with van der Waals surface area (Å²) in [5.74, 6) is 1.28. The van der Waals surface area contributed by atoms with Gasteiger partial charge in [0.05, 0.1) is 6.61 Å². The van der Waals surface area contributed by atoms with Crippen molar-refractivity contribution in [2.24, 2.45) is 9.98 Å². The van der Waals surface area contributed by atoms with E-state index in [0.29, 0.717) is 18.4 Å². The van der Waals surface area contributed by atoms with E-state index in [2.05, 4.69) is 9.98 Å². The molecule has 7 nitrogen and oxygen atoms in total. The Kier molecular flexibility index (Phi) is 4.01. The highest BCUT2D eigenvalue weighted by atomic mass is 16.6. The van der Waals surface area contributed by atoms with Crippen molar-refractivity contribution in [1.29, 1.82) is 0 Å². The molecule has 1 aromatic rings. The molecule has 120 valence electrons. The largest absolute Gasteiger partial charge is 0.448 e. The van der Waals surface area contributed by atoms with Crippen LogP contribution in [-0.4, -0.2) is 47.7 Å². The number of carbonyl (C=O) groups excluding carboxylic acids is 1. The zero-order valence-electron chi connectivity index (χ0n) is 13.4. The van der Waals surface area contributed by atoms with Gasteiger partial charge in [-0.1, -0.05) is 18.2 Å². The van der Waals surface area contributed by atoms with Crippen molar-refractivity contribution in [2.45, 2.75) is 20.0 Å². The highest BCUT2D eigenvalue weighted by molar-refractivity contribution is 6.13. The summed E-state index contributed by atoms with van der Waals surface area (Å²) in [5.41, 5.74) is 0.968. The van der Waals surface area contributed by atoms with Gasteiger partial charge in [0, 0.05) is 25.0 Å². The normalized spacial score (nSPS) is 19.2. The third-order valence-corrected chi connectivity index (χ3v) is 3.51. The smallest absolute Gasteiger partial charge is 0.433 e. The number of nitrogens with zero attached hydrogens (tertiary/aromatic N) is 5. The van der Waals surface area contributed by atoms with Crippen molar-refractivity contribution in [3.05, 3.63) is 42.6 Å². The third-order valence-electron chi connectivity index (χ3n) is 3.51. The minimum Gasteiger partial charge on any atom is -0.448 e. The molecule has 1 atom stereocenters. The van der Waals surface area contributed by atoms with Gasteiger partial charge in [0.15, 0.2) is 5.84 Å². The van der Waals surface area contributed by atoms with Crippen LogP contribution in [0, 0.1) is 0 Å². The van der Waals surface area contributed by atoms with Gasteiger partial charge in [-0.25, -0.2) is 14.8 Å². The molecule has 2 heterocycles. The number of para-hydroxylation sites is 1. The first kappa shape index (κ1) is 15.1. The van der Waals surface area contributed by atoms with E-state index in [0.717, 1.165) is 5.69 Å². The summed E-state index contributed by atoms with van der Waals surface area (Å²) in [4.78, 5) is 23.1. The fourth-order valence-electron chi connectivity index (χ4n) is 2.45. The number of hydrogen-bond acceptors (Lipinski definition) is 6. The average molecular weight is 313 g/mol. The monoisotopic (exact) mass is 313 g/mol. The molecule has 2 aliphatic heterocycles. The van der Waals surface area contributed by atoms with Crippen LogP contribution in [0.5, 0.6) is 0 Å². The van der Waals surface area contributed by atoms with E-state index in [1.54, 1.807) is 24.2 Å². The number of ether oxygens (including phenoxy) is 1. The molecule has 0 saturated carbocycles. The van der Waals surface area contributed by atoms with Gasteiger partial charge in [0.25, 0.3) is 0 Å². The van der Waals surface area contributed by atoms with Crippen LogP contribution >= 0.6 is 0 Å². The first-order chi connectivity index (χ1) is 11.1. The molecule has 0 N–H and O–H groups in total. The number of benzene rings is 1. The minimum atomic E-state index is -0.460. The Morgan fingerprint density at radius 3 is 2.74 bits per heavy atom. The van der Waals surface area contributed by atoms with Gasteiger partial charge in [0.2, 0.25) is 5.96 Å². The number of carbonyl (C=O) groups is 1. The second-order valence-electron chi connectivity index (χ2n) is 5.11. The summed E-state index contributed by atoms with van der Waals surface area (Å²) < 4.78 is 5.10. The number of hydrazine groups is 1. The second kappa shape index (κ2) is 6.12. The van der Waals surface area contributed by atoms with Gasteiger partial charge in [-0.3, -0.25) is 0 Å². The molecule has 3 rings (SSSR count). The molecule has 2 aliphatic rings. The number of fused-ring (bicyclic) bond motifs is 1. The Morgan fingerprint density at radius 2 is 2.04 bits per heavy atom. The van der Waals surface area contributed by atoms with Gasteiger partial charge in [0.1, 0.15) is 6.17 Å². The van der Waals surface area contributed by atoms with Crippen LogP contribution in [0.1, 0.15) is 13.8 Å². The summed E-state index contributed by atoms with van der Waals surface area (Å²) in [6, 6.07) is 9.84. The number of guanidine groups is 1. The number of anilines is 1. The zero-order chi connectivity index (χ0) is 16.4. The maximum Gasteiger partial charge on any atom is 0.433 e. The topological polar surface area (TPSA) is 60.7 Å². The lowest BCUT2D eigenvalue weighted by Gasteiger charge is -2.36. The number of rotatable bonds is 2. The number of hydrogen-bond donors (Lipinski definition) is 0. The molecule has 1 unspecified atom stereocenters. The fourth-order valence-corrected chi connectivity index (χ4v) is 2.45. The van der Waals surface area contributed by atoms with Crippen LogP contribution < -0.4 is 4.90 Å². The van der Waals surface area contributed by atoms with Crippen molar-refractivity contribution in [3.8, 4) is 0 Å². The Balaban J connectivity index is 1.94. The summed E-state index contributed by atoms with van der Waals surface area (Å²) in [7, 11) is 1.91. The van der Waals surface area contributed by atoms with E-state index in [4.69, 9.17) is 4.74 Å². The molecule has 0 saturated heterocycles. The predicted octanol–water partition coefficient (Wildman–Crippen LogP) is 2.44. The van der Waals surface area contributed by atoms with Crippen molar-refractivity contribution in [3.63, 3.8) is 0 Å². The van der Waals surface area contributed by atoms with Crippen LogP contribution in [-0.2, 0) is 4.74 Å². The fraction of sp³-hybridized carbons (Fsp3) is 0.312. The SMILES string of the molecule is CCOC(=O)N1C=CC2=NC(C)N=C(N(C)c3ccccc3)N21. The van der Waals surface area contributed by atoms with Gasteiger partial charge in [-0.05, 0) is 26.0 Å². The second-order valence-corrected chi connectivity index (χ2v) is 5.11. The van der Waals surface area contributed by atoms with Gasteiger partial charge < -0.3 is 9.64 Å². The molecule has 0 bridgehead atoms. The number of amides is 1.